The number of aryl methyl sites for hydroxylation is 1. The van der Waals surface area contributed by atoms with Gasteiger partial charge >= 0.3 is 0 Å². The molecule has 0 saturated heterocycles. The highest BCUT2D eigenvalue weighted by atomic mass is 15.6. The van der Waals surface area contributed by atoms with E-state index in [1.807, 2.05) is 18.9 Å². The third-order valence-corrected chi connectivity index (χ3v) is 1.77. The lowest BCUT2D eigenvalue weighted by Gasteiger charge is -2.14. The van der Waals surface area contributed by atoms with Crippen molar-refractivity contribution in [2.75, 3.05) is 13.6 Å². The number of nitriles is 1. The monoisotopic (exact) mass is 194 g/mol. The standard InChI is InChI=1S/C8H14N6/c1-7(4-9)5-13(2)6-8-10-12-14(3)11-8/h7H,5-6H2,1-3H3. The van der Waals surface area contributed by atoms with E-state index < -0.39 is 0 Å². The van der Waals surface area contributed by atoms with E-state index in [9.17, 15) is 0 Å². The highest BCUT2D eigenvalue weighted by molar-refractivity contribution is 4.83. The Balaban J connectivity index is 2.42. The number of hydrogen-bond acceptors (Lipinski definition) is 5. The summed E-state index contributed by atoms with van der Waals surface area (Å²) in [6, 6.07) is 2.18. The zero-order valence-electron chi connectivity index (χ0n) is 8.67. The summed E-state index contributed by atoms with van der Waals surface area (Å²) in [4.78, 5) is 3.43. The van der Waals surface area contributed by atoms with E-state index in [0.717, 1.165) is 6.54 Å². The van der Waals surface area contributed by atoms with Crippen LogP contribution in [0.25, 0.3) is 0 Å². The summed E-state index contributed by atoms with van der Waals surface area (Å²) in [5.41, 5.74) is 0. The zero-order chi connectivity index (χ0) is 10.6. The summed E-state index contributed by atoms with van der Waals surface area (Å²) in [6.45, 7) is 3.23. The van der Waals surface area contributed by atoms with Gasteiger partial charge in [-0.15, -0.1) is 10.2 Å². The van der Waals surface area contributed by atoms with E-state index in [4.69, 9.17) is 5.26 Å². The second kappa shape index (κ2) is 4.67. The van der Waals surface area contributed by atoms with Crippen molar-refractivity contribution in [3.8, 4) is 6.07 Å². The maximum Gasteiger partial charge on any atom is 0.188 e. The minimum Gasteiger partial charge on any atom is -0.298 e. The first kappa shape index (κ1) is 10.6. The van der Waals surface area contributed by atoms with Crippen molar-refractivity contribution in [3.05, 3.63) is 5.82 Å². The number of aromatic nitrogens is 4. The van der Waals surface area contributed by atoms with Crippen molar-refractivity contribution in [1.29, 1.82) is 5.26 Å². The predicted octanol–water partition coefficient (Wildman–Crippen LogP) is -0.198. The van der Waals surface area contributed by atoms with Crippen LogP contribution in [0.5, 0.6) is 0 Å². The SMILES string of the molecule is CC(C#N)CN(C)Cc1nnn(C)n1. The maximum atomic E-state index is 8.63. The Morgan fingerprint density at radius 2 is 2.36 bits per heavy atom. The highest BCUT2D eigenvalue weighted by Crippen LogP contribution is 1.99. The Bertz CT molecular complexity index is 325. The Labute approximate surface area is 83.1 Å². The molecule has 0 N–H and O–H groups in total. The van der Waals surface area contributed by atoms with E-state index in [2.05, 4.69) is 21.5 Å². The maximum absolute atomic E-state index is 8.63. The molecule has 76 valence electrons. The van der Waals surface area contributed by atoms with Crippen LogP contribution in [0.4, 0.5) is 0 Å². The first-order valence-electron chi connectivity index (χ1n) is 4.43. The van der Waals surface area contributed by atoms with Crippen LogP contribution in [0.1, 0.15) is 12.7 Å². The molecule has 0 saturated carbocycles. The summed E-state index contributed by atoms with van der Waals surface area (Å²) in [5, 5.41) is 20.3. The molecular formula is C8H14N6. The summed E-state index contributed by atoms with van der Waals surface area (Å²) >= 11 is 0. The van der Waals surface area contributed by atoms with Gasteiger partial charge in [-0.25, -0.2) is 0 Å². The van der Waals surface area contributed by atoms with Crippen molar-refractivity contribution >= 4 is 0 Å². The van der Waals surface area contributed by atoms with Gasteiger partial charge in [-0.05, 0) is 19.2 Å². The fourth-order valence-electron chi connectivity index (χ4n) is 1.20. The van der Waals surface area contributed by atoms with Gasteiger partial charge in [0.05, 0.1) is 25.6 Å². The second-order valence-electron chi connectivity index (χ2n) is 3.42. The lowest BCUT2D eigenvalue weighted by atomic mass is 10.2. The second-order valence-corrected chi connectivity index (χ2v) is 3.42. The van der Waals surface area contributed by atoms with E-state index in [1.54, 1.807) is 7.05 Å². The predicted molar refractivity (Wildman–Crippen MR) is 49.9 cm³/mol. The van der Waals surface area contributed by atoms with Crippen LogP contribution in [-0.4, -0.2) is 38.7 Å². The Morgan fingerprint density at radius 3 is 2.86 bits per heavy atom. The van der Waals surface area contributed by atoms with E-state index in [0.29, 0.717) is 12.4 Å². The normalized spacial score (nSPS) is 12.8. The van der Waals surface area contributed by atoms with Crippen LogP contribution in [0.15, 0.2) is 0 Å². The van der Waals surface area contributed by atoms with E-state index in [-0.39, 0.29) is 5.92 Å². The van der Waals surface area contributed by atoms with Crippen LogP contribution in [0.3, 0.4) is 0 Å². The molecule has 1 unspecified atom stereocenters. The molecule has 0 aliphatic carbocycles. The molecule has 0 aliphatic heterocycles. The van der Waals surface area contributed by atoms with Gasteiger partial charge < -0.3 is 0 Å². The fraction of sp³-hybridized carbons (Fsp3) is 0.750. The number of nitrogens with zero attached hydrogens (tertiary/aromatic N) is 6. The van der Waals surface area contributed by atoms with Gasteiger partial charge in [0.1, 0.15) is 0 Å². The number of hydrogen-bond donors (Lipinski definition) is 0. The molecule has 1 aromatic heterocycles. The third-order valence-electron chi connectivity index (χ3n) is 1.77. The van der Waals surface area contributed by atoms with Crippen molar-refractivity contribution in [1.82, 2.24) is 25.1 Å². The largest absolute Gasteiger partial charge is 0.298 e. The molecule has 0 spiro atoms. The first-order valence-corrected chi connectivity index (χ1v) is 4.43. The van der Waals surface area contributed by atoms with E-state index in [1.165, 1.54) is 4.80 Å². The molecule has 6 heteroatoms. The molecular weight excluding hydrogens is 180 g/mol. The molecule has 14 heavy (non-hydrogen) atoms. The molecule has 0 fully saturated rings. The molecule has 0 amide bonds. The molecule has 1 rings (SSSR count). The van der Waals surface area contributed by atoms with Crippen molar-refractivity contribution in [2.24, 2.45) is 13.0 Å². The molecule has 1 heterocycles. The van der Waals surface area contributed by atoms with Crippen LogP contribution in [0, 0.1) is 17.2 Å². The topological polar surface area (TPSA) is 70.6 Å². The Morgan fingerprint density at radius 1 is 1.64 bits per heavy atom. The molecule has 0 aliphatic rings. The van der Waals surface area contributed by atoms with Gasteiger partial charge in [-0.2, -0.15) is 10.1 Å². The number of rotatable bonds is 4. The average molecular weight is 194 g/mol. The molecule has 1 aromatic rings. The van der Waals surface area contributed by atoms with Gasteiger partial charge in [-0.3, -0.25) is 4.90 Å². The average Bonchev–Trinajstić information content (AvgIpc) is 2.50. The highest BCUT2D eigenvalue weighted by Gasteiger charge is 2.08. The van der Waals surface area contributed by atoms with Crippen LogP contribution >= 0.6 is 0 Å². The Hall–Kier alpha value is -1.48. The molecule has 0 radical (unpaired) electrons. The summed E-state index contributed by atoms with van der Waals surface area (Å²) in [6.07, 6.45) is 0. The first-order chi connectivity index (χ1) is 6.61. The fourth-order valence-corrected chi connectivity index (χ4v) is 1.20. The third kappa shape index (κ3) is 3.11. The van der Waals surface area contributed by atoms with Gasteiger partial charge in [0.15, 0.2) is 5.82 Å². The minimum atomic E-state index is 0.0247. The quantitative estimate of drug-likeness (QED) is 0.664. The summed E-state index contributed by atoms with van der Waals surface area (Å²) in [5.74, 6) is 0.705. The van der Waals surface area contributed by atoms with Crippen LogP contribution < -0.4 is 0 Å². The molecule has 1 atom stereocenters. The van der Waals surface area contributed by atoms with Crippen LogP contribution in [-0.2, 0) is 13.6 Å². The molecule has 0 bridgehead atoms. The van der Waals surface area contributed by atoms with E-state index >= 15 is 0 Å². The lowest BCUT2D eigenvalue weighted by molar-refractivity contribution is 0.295. The minimum absolute atomic E-state index is 0.0247. The summed E-state index contributed by atoms with van der Waals surface area (Å²) in [7, 11) is 3.67. The van der Waals surface area contributed by atoms with Crippen molar-refractivity contribution in [3.63, 3.8) is 0 Å². The summed E-state index contributed by atoms with van der Waals surface area (Å²) < 4.78 is 0. The zero-order valence-corrected chi connectivity index (χ0v) is 8.67. The van der Waals surface area contributed by atoms with Gasteiger partial charge in [0, 0.05) is 6.54 Å². The molecule has 6 nitrogen and oxygen atoms in total. The lowest BCUT2D eigenvalue weighted by Crippen LogP contribution is -2.24. The van der Waals surface area contributed by atoms with Crippen LogP contribution in [0.2, 0.25) is 0 Å². The Kier molecular flexibility index (Phi) is 3.54. The number of tetrazole rings is 1. The molecule has 0 aromatic carbocycles. The smallest absolute Gasteiger partial charge is 0.188 e. The van der Waals surface area contributed by atoms with Gasteiger partial charge in [-0.1, -0.05) is 0 Å². The van der Waals surface area contributed by atoms with Gasteiger partial charge in [0.2, 0.25) is 0 Å². The van der Waals surface area contributed by atoms with Crippen molar-refractivity contribution in [2.45, 2.75) is 13.5 Å². The van der Waals surface area contributed by atoms with Crippen molar-refractivity contribution < 1.29 is 0 Å². The van der Waals surface area contributed by atoms with Gasteiger partial charge in [0.25, 0.3) is 0 Å².